The van der Waals surface area contributed by atoms with Crippen molar-refractivity contribution in [2.24, 2.45) is 0 Å². The van der Waals surface area contributed by atoms with E-state index in [1.807, 2.05) is 0 Å². The van der Waals surface area contributed by atoms with Gasteiger partial charge < -0.3 is 14.8 Å². The monoisotopic (exact) mass is 267 g/mol. The van der Waals surface area contributed by atoms with E-state index in [2.05, 4.69) is 5.32 Å². The van der Waals surface area contributed by atoms with Crippen LogP contribution in [0.25, 0.3) is 0 Å². The van der Waals surface area contributed by atoms with Gasteiger partial charge in [-0.2, -0.15) is 0 Å². The lowest BCUT2D eigenvalue weighted by molar-refractivity contribution is -0.124. The topological polar surface area (TPSA) is 64.6 Å². The first kappa shape index (κ1) is 13.3. The largest absolute Gasteiger partial charge is 0.497 e. The third kappa shape index (κ3) is 3.67. The van der Waals surface area contributed by atoms with E-state index in [4.69, 9.17) is 9.47 Å². The molecule has 0 unspecified atom stereocenters. The number of hydrogen-bond acceptors (Lipinski definition) is 4. The van der Waals surface area contributed by atoms with Crippen molar-refractivity contribution in [3.63, 3.8) is 0 Å². The predicted molar refractivity (Wildman–Crippen MR) is 64.4 cm³/mol. The lowest BCUT2D eigenvalue weighted by Crippen LogP contribution is -2.30. The Balaban J connectivity index is 1.89. The minimum absolute atomic E-state index is 0.198. The van der Waals surface area contributed by atoms with Gasteiger partial charge in [-0.05, 0) is 25.0 Å². The van der Waals surface area contributed by atoms with E-state index in [0.29, 0.717) is 5.75 Å². The summed E-state index contributed by atoms with van der Waals surface area (Å²) < 4.78 is 23.1. The summed E-state index contributed by atoms with van der Waals surface area (Å²) in [6.07, 6.45) is 1.90. The molecule has 0 aromatic heterocycles. The molecule has 1 aromatic rings. The van der Waals surface area contributed by atoms with Crippen molar-refractivity contribution in [3.05, 3.63) is 29.6 Å². The first-order chi connectivity index (χ1) is 9.10. The third-order valence-corrected chi connectivity index (χ3v) is 2.67. The van der Waals surface area contributed by atoms with Gasteiger partial charge in [-0.1, -0.05) is 0 Å². The van der Waals surface area contributed by atoms with E-state index in [0.717, 1.165) is 18.9 Å². The average molecular weight is 267 g/mol. The van der Waals surface area contributed by atoms with Crippen molar-refractivity contribution in [1.82, 2.24) is 5.32 Å². The quantitative estimate of drug-likeness (QED) is 0.816. The molecule has 6 heteroatoms. The number of rotatable bonds is 5. The smallest absolute Gasteiger partial charge is 0.341 e. The minimum atomic E-state index is -0.869. The molecule has 19 heavy (non-hydrogen) atoms. The first-order valence-electron chi connectivity index (χ1n) is 5.90. The number of halogens is 1. The Hall–Kier alpha value is -2.11. The molecule has 0 bridgehead atoms. The van der Waals surface area contributed by atoms with Crippen LogP contribution in [0.2, 0.25) is 0 Å². The van der Waals surface area contributed by atoms with Gasteiger partial charge in [-0.15, -0.1) is 0 Å². The van der Waals surface area contributed by atoms with Crippen molar-refractivity contribution in [1.29, 1.82) is 0 Å². The molecule has 5 nitrogen and oxygen atoms in total. The lowest BCUT2D eigenvalue weighted by Gasteiger charge is -2.07. The molecule has 1 saturated carbocycles. The van der Waals surface area contributed by atoms with Gasteiger partial charge >= 0.3 is 5.97 Å². The molecule has 1 aliphatic carbocycles. The number of methoxy groups -OCH3 is 1. The van der Waals surface area contributed by atoms with Crippen LogP contribution < -0.4 is 10.1 Å². The summed E-state index contributed by atoms with van der Waals surface area (Å²) in [5.74, 6) is -1.68. The maximum absolute atomic E-state index is 13.6. The number of ether oxygens (including phenoxy) is 2. The first-order valence-corrected chi connectivity index (χ1v) is 5.90. The molecular weight excluding hydrogens is 253 g/mol. The van der Waals surface area contributed by atoms with Crippen molar-refractivity contribution in [2.75, 3.05) is 13.7 Å². The minimum Gasteiger partial charge on any atom is -0.497 e. The second kappa shape index (κ2) is 5.69. The van der Waals surface area contributed by atoms with Crippen LogP contribution in [-0.4, -0.2) is 31.6 Å². The number of hydrogen-bond donors (Lipinski definition) is 1. The molecule has 0 spiro atoms. The summed E-state index contributed by atoms with van der Waals surface area (Å²) >= 11 is 0. The van der Waals surface area contributed by atoms with Gasteiger partial charge in [0, 0.05) is 12.1 Å². The van der Waals surface area contributed by atoms with Crippen LogP contribution >= 0.6 is 0 Å². The standard InChI is InChI=1S/C13H14FNO4/c1-18-9-4-5-10(11(14)6-9)13(17)19-7-12(16)15-8-2-3-8/h4-6,8H,2-3,7H2,1H3,(H,15,16). The number of nitrogens with one attached hydrogen (secondary N) is 1. The molecule has 1 aromatic carbocycles. The van der Waals surface area contributed by atoms with Crippen molar-refractivity contribution >= 4 is 11.9 Å². The number of benzene rings is 1. The van der Waals surface area contributed by atoms with Crippen LogP contribution in [0.1, 0.15) is 23.2 Å². The van der Waals surface area contributed by atoms with E-state index < -0.39 is 18.4 Å². The summed E-state index contributed by atoms with van der Waals surface area (Å²) in [7, 11) is 1.40. The molecule has 1 aliphatic rings. The zero-order chi connectivity index (χ0) is 13.8. The van der Waals surface area contributed by atoms with E-state index in [1.54, 1.807) is 0 Å². The van der Waals surface area contributed by atoms with Gasteiger partial charge in [0.15, 0.2) is 6.61 Å². The van der Waals surface area contributed by atoms with Crippen LogP contribution in [-0.2, 0) is 9.53 Å². The molecule has 0 heterocycles. The van der Waals surface area contributed by atoms with Gasteiger partial charge in [0.05, 0.1) is 12.7 Å². The molecule has 0 atom stereocenters. The summed E-state index contributed by atoms with van der Waals surface area (Å²) in [6, 6.07) is 3.99. The van der Waals surface area contributed by atoms with Crippen LogP contribution in [0.3, 0.4) is 0 Å². The fourth-order valence-electron chi connectivity index (χ4n) is 1.49. The van der Waals surface area contributed by atoms with Crippen molar-refractivity contribution < 1.29 is 23.5 Å². The Morgan fingerprint density at radius 3 is 2.74 bits per heavy atom. The van der Waals surface area contributed by atoms with Crippen LogP contribution in [0.5, 0.6) is 5.75 Å². The van der Waals surface area contributed by atoms with E-state index in [-0.39, 0.29) is 17.5 Å². The fraction of sp³-hybridized carbons (Fsp3) is 0.385. The van der Waals surface area contributed by atoms with Crippen LogP contribution in [0, 0.1) is 5.82 Å². The summed E-state index contributed by atoms with van der Waals surface area (Å²) in [6.45, 7) is -0.402. The Labute approximate surface area is 109 Å². The van der Waals surface area contributed by atoms with Crippen molar-refractivity contribution in [3.8, 4) is 5.75 Å². The summed E-state index contributed by atoms with van der Waals surface area (Å²) in [5.41, 5.74) is -0.222. The molecule has 1 N–H and O–H groups in total. The highest BCUT2D eigenvalue weighted by Crippen LogP contribution is 2.19. The van der Waals surface area contributed by atoms with E-state index in [1.165, 1.54) is 19.2 Å². The lowest BCUT2D eigenvalue weighted by atomic mass is 10.2. The fourth-order valence-corrected chi connectivity index (χ4v) is 1.49. The predicted octanol–water partition coefficient (Wildman–Crippen LogP) is 1.27. The summed E-state index contributed by atoms with van der Waals surface area (Å²) in [4.78, 5) is 22.9. The summed E-state index contributed by atoms with van der Waals surface area (Å²) in [5, 5.41) is 2.66. The van der Waals surface area contributed by atoms with E-state index in [9.17, 15) is 14.0 Å². The number of carbonyl (C=O) groups excluding carboxylic acids is 2. The molecule has 1 fully saturated rings. The molecule has 102 valence electrons. The normalized spacial score (nSPS) is 13.8. The SMILES string of the molecule is COc1ccc(C(=O)OCC(=O)NC2CC2)c(F)c1. The third-order valence-electron chi connectivity index (χ3n) is 2.67. The Kier molecular flexibility index (Phi) is 3.99. The maximum atomic E-state index is 13.6. The molecular formula is C13H14FNO4. The zero-order valence-electron chi connectivity index (χ0n) is 10.4. The number of carbonyl (C=O) groups is 2. The molecule has 0 radical (unpaired) electrons. The number of amides is 1. The van der Waals surface area contributed by atoms with Gasteiger partial charge in [0.2, 0.25) is 0 Å². The highest BCUT2D eigenvalue weighted by Gasteiger charge is 2.24. The Morgan fingerprint density at radius 2 is 2.16 bits per heavy atom. The average Bonchev–Trinajstić information content (AvgIpc) is 3.19. The molecule has 0 saturated heterocycles. The van der Waals surface area contributed by atoms with Crippen LogP contribution in [0.15, 0.2) is 18.2 Å². The van der Waals surface area contributed by atoms with Gasteiger partial charge in [-0.3, -0.25) is 4.79 Å². The molecule has 0 aliphatic heterocycles. The highest BCUT2D eigenvalue weighted by atomic mass is 19.1. The second-order valence-electron chi connectivity index (χ2n) is 4.26. The van der Waals surface area contributed by atoms with Gasteiger partial charge in [0.1, 0.15) is 11.6 Å². The maximum Gasteiger partial charge on any atom is 0.341 e. The van der Waals surface area contributed by atoms with Crippen LogP contribution in [0.4, 0.5) is 4.39 Å². The molecule has 2 rings (SSSR count). The van der Waals surface area contributed by atoms with Gasteiger partial charge in [0.25, 0.3) is 5.91 Å². The van der Waals surface area contributed by atoms with Crippen molar-refractivity contribution in [2.45, 2.75) is 18.9 Å². The highest BCUT2D eigenvalue weighted by molar-refractivity contribution is 5.91. The Morgan fingerprint density at radius 1 is 1.42 bits per heavy atom. The Bertz CT molecular complexity index is 499. The second-order valence-corrected chi connectivity index (χ2v) is 4.26. The number of esters is 1. The van der Waals surface area contributed by atoms with Gasteiger partial charge in [-0.25, -0.2) is 9.18 Å². The zero-order valence-corrected chi connectivity index (χ0v) is 10.4. The molecule has 1 amide bonds. The van der Waals surface area contributed by atoms with E-state index >= 15 is 0 Å².